The molecule has 4 rings (SSSR count). The smallest absolute Gasteiger partial charge is 0.353 e. The fraction of sp³-hybridized carbons (Fsp3) is 0.476. The Bertz CT molecular complexity index is 1240. The second-order valence-electron chi connectivity index (χ2n) is 8.12. The van der Waals surface area contributed by atoms with Gasteiger partial charge in [0.2, 0.25) is 11.8 Å². The predicted molar refractivity (Wildman–Crippen MR) is 122 cm³/mol. The monoisotopic (exact) mass is 512 g/mol. The summed E-state index contributed by atoms with van der Waals surface area (Å²) in [5.74, 6) is 0.501. The molecule has 14 heteroatoms. The third-order valence-corrected chi connectivity index (χ3v) is 6.90. The highest BCUT2D eigenvalue weighted by Crippen LogP contribution is 2.30. The number of hydrogen-bond acceptors (Lipinski definition) is 7. The first-order valence-corrected chi connectivity index (χ1v) is 12.0. The van der Waals surface area contributed by atoms with Gasteiger partial charge in [0.1, 0.15) is 12.4 Å². The molecule has 0 atom stereocenters. The molecule has 0 saturated carbocycles. The van der Waals surface area contributed by atoms with E-state index in [1.165, 1.54) is 9.47 Å². The average Bonchev–Trinajstić information content (AvgIpc) is 2.85. The van der Waals surface area contributed by atoms with Gasteiger partial charge in [-0.05, 0) is 24.3 Å². The van der Waals surface area contributed by atoms with Crippen molar-refractivity contribution in [2.45, 2.75) is 24.9 Å². The van der Waals surface area contributed by atoms with Gasteiger partial charge in [-0.25, -0.2) is 9.78 Å². The normalized spacial score (nSPS) is 16.1. The summed E-state index contributed by atoms with van der Waals surface area (Å²) in [5, 5.41) is 2.51. The minimum absolute atomic E-state index is 0.188. The molecule has 2 aliphatic rings. The van der Waals surface area contributed by atoms with Crippen LogP contribution in [0.25, 0.3) is 0 Å². The van der Waals surface area contributed by atoms with Gasteiger partial charge in [0.15, 0.2) is 0 Å². The van der Waals surface area contributed by atoms with E-state index in [0.717, 1.165) is 24.1 Å². The number of pyridine rings is 1. The highest BCUT2D eigenvalue weighted by molar-refractivity contribution is 7.98. The van der Waals surface area contributed by atoms with Crippen LogP contribution in [0.5, 0.6) is 0 Å². The predicted octanol–water partition coefficient (Wildman–Crippen LogP) is 0.205. The van der Waals surface area contributed by atoms with Crippen LogP contribution >= 0.6 is 11.8 Å². The van der Waals surface area contributed by atoms with E-state index in [-0.39, 0.29) is 37.9 Å². The SMILES string of the molecule is O=C(Cn1c2c(c(=O)[nH]c1=O)CSCC2)NCC(=O)N1CCN(c2cc(C(F)(F)F)ccn2)CC1. The number of nitrogens with one attached hydrogen (secondary N) is 2. The molecular weight excluding hydrogens is 489 g/mol. The summed E-state index contributed by atoms with van der Waals surface area (Å²) in [5.41, 5.74) is -0.869. The Hall–Kier alpha value is -3.29. The number of halogens is 3. The number of rotatable bonds is 5. The van der Waals surface area contributed by atoms with Gasteiger partial charge in [-0.1, -0.05) is 0 Å². The van der Waals surface area contributed by atoms with E-state index in [9.17, 15) is 32.3 Å². The fourth-order valence-corrected chi connectivity index (χ4v) is 5.02. The number of fused-ring (bicyclic) bond motifs is 1. The highest BCUT2D eigenvalue weighted by atomic mass is 32.2. The second kappa shape index (κ2) is 10.1. The minimum atomic E-state index is -4.47. The van der Waals surface area contributed by atoms with Crippen LogP contribution in [0.1, 0.15) is 16.8 Å². The first kappa shape index (κ1) is 24.8. The quantitative estimate of drug-likeness (QED) is 0.588. The molecule has 2 aromatic heterocycles. The number of amides is 2. The first-order valence-electron chi connectivity index (χ1n) is 10.9. The minimum Gasteiger partial charge on any atom is -0.353 e. The van der Waals surface area contributed by atoms with Crippen LogP contribution < -0.4 is 21.5 Å². The van der Waals surface area contributed by atoms with Gasteiger partial charge in [0, 0.05) is 49.4 Å². The molecule has 188 valence electrons. The van der Waals surface area contributed by atoms with E-state index in [4.69, 9.17) is 0 Å². The third kappa shape index (κ3) is 5.69. The maximum Gasteiger partial charge on any atom is 0.416 e. The Morgan fingerprint density at radius 1 is 1.17 bits per heavy atom. The van der Waals surface area contributed by atoms with Crippen molar-refractivity contribution >= 4 is 29.4 Å². The Morgan fingerprint density at radius 2 is 1.91 bits per heavy atom. The average molecular weight is 513 g/mol. The first-order chi connectivity index (χ1) is 16.6. The molecule has 0 unspecified atom stereocenters. The Kier molecular flexibility index (Phi) is 7.19. The number of carbonyl (C=O) groups is 2. The number of anilines is 1. The van der Waals surface area contributed by atoms with Crippen molar-refractivity contribution in [2.75, 3.05) is 43.4 Å². The molecule has 10 nitrogen and oxygen atoms in total. The number of aromatic nitrogens is 3. The summed E-state index contributed by atoms with van der Waals surface area (Å²) in [7, 11) is 0. The van der Waals surface area contributed by atoms with Gasteiger partial charge in [-0.3, -0.25) is 23.9 Å². The molecule has 0 radical (unpaired) electrons. The van der Waals surface area contributed by atoms with Gasteiger partial charge in [-0.2, -0.15) is 24.9 Å². The molecule has 2 aliphatic heterocycles. The van der Waals surface area contributed by atoms with Crippen LogP contribution in [-0.2, 0) is 34.5 Å². The topological polar surface area (TPSA) is 120 Å². The second-order valence-corrected chi connectivity index (χ2v) is 9.22. The molecule has 2 amide bonds. The van der Waals surface area contributed by atoms with Gasteiger partial charge >= 0.3 is 11.9 Å². The Morgan fingerprint density at radius 3 is 2.63 bits per heavy atom. The third-order valence-electron chi connectivity index (χ3n) is 5.91. The summed E-state index contributed by atoms with van der Waals surface area (Å²) in [4.78, 5) is 58.6. The van der Waals surface area contributed by atoms with Crippen LogP contribution in [-0.4, -0.2) is 69.7 Å². The molecule has 1 fully saturated rings. The molecule has 0 aromatic carbocycles. The van der Waals surface area contributed by atoms with Crippen molar-refractivity contribution in [1.29, 1.82) is 0 Å². The van der Waals surface area contributed by atoms with E-state index in [1.807, 2.05) is 0 Å². The van der Waals surface area contributed by atoms with E-state index in [2.05, 4.69) is 15.3 Å². The van der Waals surface area contributed by atoms with Crippen molar-refractivity contribution in [2.24, 2.45) is 0 Å². The summed E-state index contributed by atoms with van der Waals surface area (Å²) < 4.78 is 40.1. The summed E-state index contributed by atoms with van der Waals surface area (Å²) >= 11 is 1.57. The zero-order valence-corrected chi connectivity index (χ0v) is 19.4. The number of hydrogen-bond donors (Lipinski definition) is 2. The number of alkyl halides is 3. The van der Waals surface area contributed by atoms with Gasteiger partial charge < -0.3 is 15.1 Å². The van der Waals surface area contributed by atoms with Gasteiger partial charge in [-0.15, -0.1) is 0 Å². The van der Waals surface area contributed by atoms with E-state index in [0.29, 0.717) is 36.5 Å². The molecule has 1 saturated heterocycles. The number of piperazine rings is 1. The lowest BCUT2D eigenvalue weighted by molar-refractivity contribution is -0.137. The fourth-order valence-electron chi connectivity index (χ4n) is 4.04. The molecule has 0 aliphatic carbocycles. The number of carbonyl (C=O) groups excluding carboxylic acids is 2. The van der Waals surface area contributed by atoms with Crippen molar-refractivity contribution in [1.82, 2.24) is 24.8 Å². The lowest BCUT2D eigenvalue weighted by Crippen LogP contribution is -2.51. The maximum atomic E-state index is 12.9. The van der Waals surface area contributed by atoms with Crippen LogP contribution in [0.4, 0.5) is 19.0 Å². The number of aromatic amines is 1. The van der Waals surface area contributed by atoms with Crippen molar-refractivity contribution in [3.8, 4) is 0 Å². The molecular formula is C21H23F3N6O4S. The molecule has 4 heterocycles. The number of nitrogens with zero attached hydrogens (tertiary/aromatic N) is 4. The van der Waals surface area contributed by atoms with Crippen LogP contribution in [0.3, 0.4) is 0 Å². The number of H-pyrrole nitrogens is 1. The van der Waals surface area contributed by atoms with Gasteiger partial charge in [0.25, 0.3) is 5.56 Å². The van der Waals surface area contributed by atoms with Crippen LogP contribution in [0.15, 0.2) is 27.9 Å². The number of thioether (sulfide) groups is 1. The van der Waals surface area contributed by atoms with E-state index < -0.39 is 28.9 Å². The largest absolute Gasteiger partial charge is 0.416 e. The molecule has 2 N–H and O–H groups in total. The summed E-state index contributed by atoms with van der Waals surface area (Å²) in [6, 6.07) is 1.88. The Balaban J connectivity index is 1.30. The zero-order chi connectivity index (χ0) is 25.2. The molecule has 35 heavy (non-hydrogen) atoms. The molecule has 2 aromatic rings. The van der Waals surface area contributed by atoms with Gasteiger partial charge in [0.05, 0.1) is 12.1 Å². The lowest BCUT2D eigenvalue weighted by Gasteiger charge is -2.35. The van der Waals surface area contributed by atoms with Crippen molar-refractivity contribution < 1.29 is 22.8 Å². The van der Waals surface area contributed by atoms with Crippen LogP contribution in [0.2, 0.25) is 0 Å². The highest BCUT2D eigenvalue weighted by Gasteiger charge is 2.32. The Labute approximate surface area is 201 Å². The molecule has 0 bridgehead atoms. The summed E-state index contributed by atoms with van der Waals surface area (Å²) in [6.07, 6.45) is -2.86. The van der Waals surface area contributed by atoms with Crippen LogP contribution in [0, 0.1) is 0 Å². The van der Waals surface area contributed by atoms with E-state index >= 15 is 0 Å². The molecule has 0 spiro atoms. The van der Waals surface area contributed by atoms with E-state index in [1.54, 1.807) is 16.7 Å². The zero-order valence-electron chi connectivity index (χ0n) is 18.6. The lowest BCUT2D eigenvalue weighted by atomic mass is 10.2. The maximum absolute atomic E-state index is 12.9. The van der Waals surface area contributed by atoms with Crippen molar-refractivity contribution in [3.63, 3.8) is 0 Å². The van der Waals surface area contributed by atoms with Crippen molar-refractivity contribution in [3.05, 3.63) is 56.0 Å². The summed E-state index contributed by atoms with van der Waals surface area (Å²) in [6.45, 7) is 0.520. The standard InChI is InChI=1S/C21H23F3N6O4S/c22-21(23,24)13-1-3-25-16(9-13)28-4-6-29(7-5-28)18(32)10-26-17(31)11-30-15-2-8-35-12-14(15)19(33)27-20(30)34/h1,3,9H,2,4-8,10-12H2,(H,26,31)(H,27,33,34).